The second-order valence-electron chi connectivity index (χ2n) is 6.61. The minimum Gasteiger partial charge on any atom is -0.483 e. The number of carbonyl (C=O) groups excluding carboxylic acids is 1. The van der Waals surface area contributed by atoms with Crippen molar-refractivity contribution >= 4 is 18.2 Å². The predicted octanol–water partition coefficient (Wildman–Crippen LogP) is 0.184. The maximum atomic E-state index is 12.8. The smallest absolute Gasteiger partial charge is 0.290 e. The molecule has 1 aromatic heterocycles. The Kier molecular flexibility index (Phi) is 8.93. The number of likely N-dealkylation sites (tertiary alicyclic amines) is 1. The van der Waals surface area contributed by atoms with Crippen molar-refractivity contribution in [3.8, 4) is 0 Å². The van der Waals surface area contributed by atoms with E-state index < -0.39 is 0 Å². The number of carboxylic acid groups (broad SMARTS) is 1. The van der Waals surface area contributed by atoms with Gasteiger partial charge in [0.15, 0.2) is 0 Å². The van der Waals surface area contributed by atoms with E-state index in [1.54, 1.807) is 25.7 Å². The normalized spacial score (nSPS) is 20.6. The molecule has 1 unspecified atom stereocenters. The van der Waals surface area contributed by atoms with Crippen molar-refractivity contribution in [3.05, 3.63) is 18.6 Å². The van der Waals surface area contributed by atoms with Gasteiger partial charge in [-0.1, -0.05) is 0 Å². The quantitative estimate of drug-likeness (QED) is 0.724. The Morgan fingerprint density at radius 3 is 2.81 bits per heavy atom. The SMILES string of the molecule is COCCN1CCC(C(=O)N2CCCN(c3cnccn3)CC2)C1.O=CO. The van der Waals surface area contributed by atoms with E-state index in [9.17, 15) is 4.79 Å². The molecule has 3 rings (SSSR count). The number of ether oxygens (including phenoxy) is 1. The number of methoxy groups -OCH3 is 1. The van der Waals surface area contributed by atoms with E-state index in [4.69, 9.17) is 14.6 Å². The molecule has 3 heterocycles. The Morgan fingerprint density at radius 1 is 1.30 bits per heavy atom. The van der Waals surface area contributed by atoms with Crippen molar-refractivity contribution in [1.29, 1.82) is 0 Å². The molecule has 2 fully saturated rings. The summed E-state index contributed by atoms with van der Waals surface area (Å²) < 4.78 is 5.13. The Hall–Kier alpha value is -2.26. The van der Waals surface area contributed by atoms with E-state index in [-0.39, 0.29) is 12.4 Å². The van der Waals surface area contributed by atoms with Crippen LogP contribution in [-0.2, 0) is 14.3 Å². The molecule has 2 aliphatic rings. The molecule has 0 aliphatic carbocycles. The fraction of sp³-hybridized carbons (Fsp3) is 0.667. The lowest BCUT2D eigenvalue weighted by Crippen LogP contribution is -2.40. The summed E-state index contributed by atoms with van der Waals surface area (Å²) in [5.41, 5.74) is 0. The number of hydrogen-bond acceptors (Lipinski definition) is 7. The molecule has 1 N–H and O–H groups in total. The van der Waals surface area contributed by atoms with E-state index in [0.717, 1.165) is 71.1 Å². The van der Waals surface area contributed by atoms with Gasteiger partial charge in [-0.25, -0.2) is 4.98 Å². The Labute approximate surface area is 159 Å². The van der Waals surface area contributed by atoms with Crippen molar-refractivity contribution in [1.82, 2.24) is 19.8 Å². The lowest BCUT2D eigenvalue weighted by Gasteiger charge is -2.25. The van der Waals surface area contributed by atoms with Crippen LogP contribution < -0.4 is 4.90 Å². The average molecular weight is 379 g/mol. The predicted molar refractivity (Wildman–Crippen MR) is 101 cm³/mol. The van der Waals surface area contributed by atoms with Crippen molar-refractivity contribution < 1.29 is 19.4 Å². The summed E-state index contributed by atoms with van der Waals surface area (Å²) in [4.78, 5) is 36.3. The molecular formula is C18H29N5O4. The largest absolute Gasteiger partial charge is 0.483 e. The summed E-state index contributed by atoms with van der Waals surface area (Å²) in [6.45, 7) is 6.62. The van der Waals surface area contributed by atoms with Gasteiger partial charge >= 0.3 is 0 Å². The van der Waals surface area contributed by atoms with Gasteiger partial charge in [-0.05, 0) is 19.4 Å². The molecule has 1 atom stereocenters. The van der Waals surface area contributed by atoms with Crippen LogP contribution in [0.3, 0.4) is 0 Å². The summed E-state index contributed by atoms with van der Waals surface area (Å²) in [7, 11) is 1.72. The molecule has 0 bridgehead atoms. The number of hydrogen-bond donors (Lipinski definition) is 1. The zero-order chi connectivity index (χ0) is 19.5. The van der Waals surface area contributed by atoms with Gasteiger partial charge in [-0.3, -0.25) is 14.6 Å². The molecule has 150 valence electrons. The minimum absolute atomic E-state index is 0.143. The van der Waals surface area contributed by atoms with Crippen LogP contribution in [0.1, 0.15) is 12.8 Å². The highest BCUT2D eigenvalue weighted by Gasteiger charge is 2.32. The molecule has 0 aromatic carbocycles. The van der Waals surface area contributed by atoms with Gasteiger partial charge in [-0.2, -0.15) is 0 Å². The monoisotopic (exact) mass is 379 g/mol. The highest BCUT2D eigenvalue weighted by molar-refractivity contribution is 5.79. The van der Waals surface area contributed by atoms with Gasteiger partial charge in [0.1, 0.15) is 5.82 Å². The van der Waals surface area contributed by atoms with Crippen molar-refractivity contribution in [2.24, 2.45) is 5.92 Å². The first-order valence-corrected chi connectivity index (χ1v) is 9.28. The van der Waals surface area contributed by atoms with E-state index >= 15 is 0 Å². The van der Waals surface area contributed by atoms with Crippen LogP contribution in [0.25, 0.3) is 0 Å². The van der Waals surface area contributed by atoms with Crippen molar-refractivity contribution in [2.45, 2.75) is 12.8 Å². The highest BCUT2D eigenvalue weighted by Crippen LogP contribution is 2.20. The Morgan fingerprint density at radius 2 is 2.11 bits per heavy atom. The number of aromatic nitrogens is 2. The lowest BCUT2D eigenvalue weighted by molar-refractivity contribution is -0.135. The zero-order valence-corrected chi connectivity index (χ0v) is 15.9. The van der Waals surface area contributed by atoms with E-state index in [0.29, 0.717) is 5.91 Å². The van der Waals surface area contributed by atoms with Gasteiger partial charge in [0, 0.05) is 58.8 Å². The first kappa shape index (κ1) is 21.0. The third-order valence-electron chi connectivity index (χ3n) is 4.91. The van der Waals surface area contributed by atoms with Crippen LogP contribution in [0.15, 0.2) is 18.6 Å². The summed E-state index contributed by atoms with van der Waals surface area (Å²) >= 11 is 0. The van der Waals surface area contributed by atoms with Gasteiger partial charge in [0.2, 0.25) is 5.91 Å². The van der Waals surface area contributed by atoms with E-state index in [1.807, 2.05) is 4.90 Å². The summed E-state index contributed by atoms with van der Waals surface area (Å²) in [6, 6.07) is 0. The van der Waals surface area contributed by atoms with Crippen LogP contribution in [-0.4, -0.2) is 96.8 Å². The number of nitrogens with zero attached hydrogens (tertiary/aromatic N) is 5. The zero-order valence-electron chi connectivity index (χ0n) is 15.9. The van der Waals surface area contributed by atoms with Crippen LogP contribution in [0.2, 0.25) is 0 Å². The van der Waals surface area contributed by atoms with E-state index in [2.05, 4.69) is 19.8 Å². The minimum atomic E-state index is -0.250. The van der Waals surface area contributed by atoms with Crippen molar-refractivity contribution in [2.75, 3.05) is 64.4 Å². The topological polar surface area (TPSA) is 99.1 Å². The second kappa shape index (κ2) is 11.5. The van der Waals surface area contributed by atoms with Crippen LogP contribution in [0.5, 0.6) is 0 Å². The van der Waals surface area contributed by atoms with Gasteiger partial charge in [0.05, 0.1) is 18.7 Å². The number of anilines is 1. The first-order chi connectivity index (χ1) is 13.2. The molecule has 0 radical (unpaired) electrons. The van der Waals surface area contributed by atoms with Crippen LogP contribution in [0.4, 0.5) is 5.82 Å². The molecule has 0 spiro atoms. The molecule has 9 heteroatoms. The van der Waals surface area contributed by atoms with Crippen LogP contribution >= 0.6 is 0 Å². The average Bonchev–Trinajstić information content (AvgIpc) is 3.03. The third kappa shape index (κ3) is 6.44. The highest BCUT2D eigenvalue weighted by atomic mass is 16.5. The molecule has 2 saturated heterocycles. The molecule has 27 heavy (non-hydrogen) atoms. The molecule has 1 amide bonds. The second-order valence-corrected chi connectivity index (χ2v) is 6.61. The van der Waals surface area contributed by atoms with Gasteiger partial charge < -0.3 is 24.5 Å². The summed E-state index contributed by atoms with van der Waals surface area (Å²) in [5.74, 6) is 1.36. The first-order valence-electron chi connectivity index (χ1n) is 9.28. The summed E-state index contributed by atoms with van der Waals surface area (Å²) in [6.07, 6.45) is 7.14. The Balaban J connectivity index is 0.000000817. The molecular weight excluding hydrogens is 350 g/mol. The fourth-order valence-corrected chi connectivity index (χ4v) is 3.54. The third-order valence-corrected chi connectivity index (χ3v) is 4.91. The number of carbonyl (C=O) groups is 2. The molecule has 9 nitrogen and oxygen atoms in total. The maximum Gasteiger partial charge on any atom is 0.290 e. The van der Waals surface area contributed by atoms with Gasteiger partial charge in [-0.15, -0.1) is 0 Å². The van der Waals surface area contributed by atoms with Crippen LogP contribution in [0, 0.1) is 5.92 Å². The fourth-order valence-electron chi connectivity index (χ4n) is 3.54. The van der Waals surface area contributed by atoms with Crippen molar-refractivity contribution in [3.63, 3.8) is 0 Å². The van der Waals surface area contributed by atoms with E-state index in [1.165, 1.54) is 0 Å². The lowest BCUT2D eigenvalue weighted by atomic mass is 10.1. The summed E-state index contributed by atoms with van der Waals surface area (Å²) in [5, 5.41) is 6.89. The Bertz CT molecular complexity index is 574. The molecule has 2 aliphatic heterocycles. The van der Waals surface area contributed by atoms with Gasteiger partial charge in [0.25, 0.3) is 6.47 Å². The standard InChI is InChI=1S/C17H27N5O2.CH2O2/c1-24-12-11-20-8-3-15(14-20)17(23)22-7-2-6-21(9-10-22)16-13-18-4-5-19-16;2-1-3/h4-5,13,15H,2-3,6-12,14H2,1H3;1H,(H,2,3). The molecule has 1 aromatic rings. The number of amides is 1. The molecule has 0 saturated carbocycles. The maximum absolute atomic E-state index is 12.8. The number of rotatable bonds is 5.